The topological polar surface area (TPSA) is 65.0 Å². The first-order chi connectivity index (χ1) is 12.4. The molecule has 0 saturated heterocycles. The Hall–Kier alpha value is -1.95. The van der Waals surface area contributed by atoms with Crippen LogP contribution in [0.1, 0.15) is 61.3 Å². The quantitative estimate of drug-likeness (QED) is 0.586. The van der Waals surface area contributed by atoms with Crippen molar-refractivity contribution >= 4 is 17.5 Å². The number of hydrogen-bond acceptors (Lipinski definition) is 6. The Kier molecular flexibility index (Phi) is 4.06. The van der Waals surface area contributed by atoms with E-state index in [0.717, 1.165) is 30.0 Å². The number of methoxy groups -OCH3 is 1. The van der Waals surface area contributed by atoms with E-state index in [2.05, 4.69) is 31.0 Å². The van der Waals surface area contributed by atoms with E-state index in [-0.39, 0.29) is 16.6 Å². The van der Waals surface area contributed by atoms with Gasteiger partial charge in [-0.25, -0.2) is 4.98 Å². The highest BCUT2D eigenvalue weighted by Gasteiger charge is 2.61. The van der Waals surface area contributed by atoms with E-state index in [0.29, 0.717) is 22.4 Å². The second kappa shape index (κ2) is 6.05. The summed E-state index contributed by atoms with van der Waals surface area (Å²) in [6.45, 7) is 6.92. The number of nitrogens with zero attached hydrogens (tertiary/aromatic N) is 3. The molecule has 1 fully saturated rings. The molecular formula is C20H23N3O2S. The van der Waals surface area contributed by atoms with Crippen LogP contribution in [0.2, 0.25) is 0 Å². The van der Waals surface area contributed by atoms with Crippen LogP contribution < -0.4 is 4.74 Å². The zero-order valence-electron chi connectivity index (χ0n) is 15.6. The molecule has 26 heavy (non-hydrogen) atoms. The van der Waals surface area contributed by atoms with Crippen LogP contribution in [0.5, 0.6) is 5.75 Å². The normalized spacial score (nSPS) is 25.2. The minimum absolute atomic E-state index is 0.0508. The molecular weight excluding hydrogens is 346 g/mol. The van der Waals surface area contributed by atoms with Crippen molar-refractivity contribution in [3.8, 4) is 5.75 Å². The predicted molar refractivity (Wildman–Crippen MR) is 101 cm³/mol. The Bertz CT molecular complexity index is 866. The summed E-state index contributed by atoms with van der Waals surface area (Å²) in [5.74, 6) is 1.54. The molecule has 1 aromatic carbocycles. The summed E-state index contributed by atoms with van der Waals surface area (Å²) in [5, 5.41) is 9.38. The number of carbonyl (C=O) groups is 1. The maximum Gasteiger partial charge on any atom is 0.209 e. The number of hydrogen-bond donors (Lipinski definition) is 0. The summed E-state index contributed by atoms with van der Waals surface area (Å²) in [6, 6.07) is 7.16. The van der Waals surface area contributed by atoms with Crippen LogP contribution in [-0.4, -0.2) is 33.8 Å². The fourth-order valence-electron chi connectivity index (χ4n) is 4.41. The maximum atomic E-state index is 12.4. The molecule has 0 amide bonds. The van der Waals surface area contributed by atoms with Crippen molar-refractivity contribution in [2.75, 3.05) is 12.9 Å². The van der Waals surface area contributed by atoms with E-state index in [1.807, 2.05) is 0 Å². The largest absolute Gasteiger partial charge is 0.497 e. The smallest absolute Gasteiger partial charge is 0.209 e. The van der Waals surface area contributed by atoms with Gasteiger partial charge in [0.1, 0.15) is 5.75 Å². The summed E-state index contributed by atoms with van der Waals surface area (Å²) in [6.07, 6.45) is 2.31. The van der Waals surface area contributed by atoms with Crippen molar-refractivity contribution in [2.45, 2.75) is 50.1 Å². The van der Waals surface area contributed by atoms with Crippen LogP contribution >= 0.6 is 11.8 Å². The average Bonchev–Trinajstić information content (AvgIpc) is 2.98. The van der Waals surface area contributed by atoms with Gasteiger partial charge in [0.15, 0.2) is 5.78 Å². The van der Waals surface area contributed by atoms with E-state index in [9.17, 15) is 4.79 Å². The molecule has 1 heterocycles. The molecule has 136 valence electrons. The third-order valence-electron chi connectivity index (χ3n) is 6.52. The van der Waals surface area contributed by atoms with Crippen LogP contribution in [-0.2, 0) is 5.41 Å². The molecule has 4 rings (SSSR count). The van der Waals surface area contributed by atoms with Crippen LogP contribution in [0.3, 0.4) is 0 Å². The molecule has 0 radical (unpaired) electrons. The molecule has 2 aliphatic rings. The first kappa shape index (κ1) is 17.5. The van der Waals surface area contributed by atoms with Gasteiger partial charge in [0.25, 0.3) is 0 Å². The highest BCUT2D eigenvalue weighted by Crippen LogP contribution is 2.66. The fraction of sp³-hybridized carbons (Fsp3) is 0.500. The van der Waals surface area contributed by atoms with E-state index in [1.165, 1.54) is 11.8 Å². The lowest BCUT2D eigenvalue weighted by Gasteiger charge is -2.33. The summed E-state index contributed by atoms with van der Waals surface area (Å²) >= 11 is 1.36. The van der Waals surface area contributed by atoms with Gasteiger partial charge in [0, 0.05) is 16.9 Å². The molecule has 2 atom stereocenters. The van der Waals surface area contributed by atoms with Gasteiger partial charge in [-0.05, 0) is 42.5 Å². The number of benzene rings is 1. The van der Waals surface area contributed by atoms with E-state index < -0.39 is 0 Å². The van der Waals surface area contributed by atoms with Crippen molar-refractivity contribution in [3.63, 3.8) is 0 Å². The van der Waals surface area contributed by atoms with Gasteiger partial charge in [-0.3, -0.25) is 4.79 Å². The summed E-state index contributed by atoms with van der Waals surface area (Å²) in [5.41, 5.74) is 3.04. The predicted octanol–water partition coefficient (Wildman–Crippen LogP) is 4.03. The molecule has 2 aliphatic carbocycles. The van der Waals surface area contributed by atoms with Crippen LogP contribution in [0.15, 0.2) is 29.4 Å². The monoisotopic (exact) mass is 369 g/mol. The molecule has 0 N–H and O–H groups in total. The fourth-order valence-corrected chi connectivity index (χ4v) is 5.10. The molecule has 1 aromatic heterocycles. The van der Waals surface area contributed by atoms with Crippen molar-refractivity contribution in [1.29, 1.82) is 0 Å². The third kappa shape index (κ3) is 2.46. The molecule has 0 aliphatic heterocycles. The van der Waals surface area contributed by atoms with Gasteiger partial charge in [-0.1, -0.05) is 32.5 Å². The second-order valence-corrected chi connectivity index (χ2v) is 8.86. The summed E-state index contributed by atoms with van der Waals surface area (Å²) in [4.78, 5) is 17.2. The van der Waals surface area contributed by atoms with Crippen molar-refractivity contribution in [1.82, 2.24) is 15.2 Å². The summed E-state index contributed by atoms with van der Waals surface area (Å²) < 4.78 is 5.13. The number of thioether (sulfide) groups is 1. The molecule has 0 spiro atoms. The van der Waals surface area contributed by atoms with Crippen LogP contribution in [0, 0.1) is 5.41 Å². The lowest BCUT2D eigenvalue weighted by molar-refractivity contribution is 0.102. The molecule has 6 heteroatoms. The van der Waals surface area contributed by atoms with Gasteiger partial charge < -0.3 is 4.74 Å². The lowest BCUT2D eigenvalue weighted by atomic mass is 9.70. The minimum atomic E-state index is 0.0508. The molecule has 5 nitrogen and oxygen atoms in total. The third-order valence-corrected chi connectivity index (χ3v) is 7.35. The van der Waals surface area contributed by atoms with E-state index >= 15 is 0 Å². The number of ether oxygens (including phenoxy) is 1. The Morgan fingerprint density at radius 1 is 1.23 bits per heavy atom. The Balaban J connectivity index is 1.50. The van der Waals surface area contributed by atoms with E-state index in [1.54, 1.807) is 31.4 Å². The lowest BCUT2D eigenvalue weighted by Crippen LogP contribution is -2.32. The Labute approximate surface area is 158 Å². The SMILES string of the molecule is COc1ccc(C(=O)CSc2nnc3c(n2)[C@]2(C)CC[C@@H]3C2(C)C)cc1. The van der Waals surface area contributed by atoms with Gasteiger partial charge in [-0.2, -0.15) is 5.10 Å². The van der Waals surface area contributed by atoms with Crippen molar-refractivity contribution in [2.24, 2.45) is 5.41 Å². The average molecular weight is 369 g/mol. The van der Waals surface area contributed by atoms with Crippen LogP contribution in [0.4, 0.5) is 0 Å². The first-order valence-corrected chi connectivity index (χ1v) is 9.90. The Morgan fingerprint density at radius 3 is 2.65 bits per heavy atom. The molecule has 2 bridgehead atoms. The minimum Gasteiger partial charge on any atom is -0.497 e. The number of Topliss-reactive ketones (excluding diaryl/α,β-unsaturated/α-hetero) is 1. The molecule has 1 saturated carbocycles. The second-order valence-electron chi connectivity index (χ2n) is 7.91. The number of ketones is 1. The molecule has 2 aromatic rings. The maximum absolute atomic E-state index is 12.4. The van der Waals surface area contributed by atoms with Crippen molar-refractivity contribution < 1.29 is 9.53 Å². The first-order valence-electron chi connectivity index (χ1n) is 8.92. The number of fused-ring (bicyclic) bond motifs is 5. The van der Waals surface area contributed by atoms with Gasteiger partial charge in [0.2, 0.25) is 5.16 Å². The number of carbonyl (C=O) groups excluding carboxylic acids is 1. The Morgan fingerprint density at radius 2 is 1.96 bits per heavy atom. The zero-order chi connectivity index (χ0) is 18.5. The van der Waals surface area contributed by atoms with Crippen LogP contribution in [0.25, 0.3) is 0 Å². The van der Waals surface area contributed by atoms with Gasteiger partial charge in [0.05, 0.1) is 24.3 Å². The zero-order valence-corrected chi connectivity index (χ0v) is 16.4. The highest BCUT2D eigenvalue weighted by atomic mass is 32.2. The summed E-state index contributed by atoms with van der Waals surface area (Å²) in [7, 11) is 1.61. The van der Waals surface area contributed by atoms with E-state index in [4.69, 9.17) is 9.72 Å². The number of rotatable bonds is 5. The standard InChI is InChI=1S/C20H23N3O2S/c1-19(2)14-9-10-20(19,3)17-16(14)22-23-18(21-17)26-11-15(24)12-5-7-13(25-4)8-6-12/h5-8,14H,9-11H2,1-4H3/t14-,20-/m0/s1. The highest BCUT2D eigenvalue weighted by molar-refractivity contribution is 7.99. The molecule has 0 unspecified atom stereocenters. The van der Waals surface area contributed by atoms with Crippen molar-refractivity contribution in [3.05, 3.63) is 41.2 Å². The van der Waals surface area contributed by atoms with Gasteiger partial charge in [-0.15, -0.1) is 5.10 Å². The number of aromatic nitrogens is 3. The van der Waals surface area contributed by atoms with Gasteiger partial charge >= 0.3 is 0 Å².